The molecule has 20 heavy (non-hydrogen) atoms. The van der Waals surface area contributed by atoms with Gasteiger partial charge in [0.1, 0.15) is 0 Å². The first-order valence-corrected chi connectivity index (χ1v) is 6.97. The van der Waals surface area contributed by atoms with Gasteiger partial charge < -0.3 is 11.1 Å². The highest BCUT2D eigenvalue weighted by Crippen LogP contribution is 2.19. The van der Waals surface area contributed by atoms with Gasteiger partial charge in [-0.1, -0.05) is 54.6 Å². The fourth-order valence-corrected chi connectivity index (χ4v) is 2.04. The van der Waals surface area contributed by atoms with Crippen molar-refractivity contribution in [3.63, 3.8) is 0 Å². The van der Waals surface area contributed by atoms with Gasteiger partial charge in [0.25, 0.3) is 0 Å². The highest BCUT2D eigenvalue weighted by molar-refractivity contribution is 5.77. The third kappa shape index (κ3) is 4.12. The van der Waals surface area contributed by atoms with Crippen LogP contribution in [-0.4, -0.2) is 19.0 Å². The summed E-state index contributed by atoms with van der Waals surface area (Å²) in [5.41, 5.74) is 9.45. The van der Waals surface area contributed by atoms with Crippen molar-refractivity contribution in [2.75, 3.05) is 13.1 Å². The standard InChI is InChI=1S/C17H21N3/c1-2-19-17(18)20-13-12-14-8-10-16(11-9-14)15-6-4-3-5-7-15/h3-11H,2,12-13H2,1H3,(H3,18,19,20). The van der Waals surface area contributed by atoms with E-state index in [1.165, 1.54) is 16.7 Å². The highest BCUT2D eigenvalue weighted by Gasteiger charge is 1.97. The van der Waals surface area contributed by atoms with Crippen LogP contribution >= 0.6 is 0 Å². The average molecular weight is 267 g/mol. The first kappa shape index (κ1) is 14.1. The monoisotopic (exact) mass is 267 g/mol. The van der Waals surface area contributed by atoms with Gasteiger partial charge in [0.15, 0.2) is 5.96 Å². The SMILES string of the molecule is CCNC(N)=NCCc1ccc(-c2ccccc2)cc1. The molecule has 0 aliphatic carbocycles. The van der Waals surface area contributed by atoms with Gasteiger partial charge in [-0.25, -0.2) is 0 Å². The Hall–Kier alpha value is -2.29. The summed E-state index contributed by atoms with van der Waals surface area (Å²) in [6, 6.07) is 19.0. The van der Waals surface area contributed by atoms with Crippen LogP contribution in [0.15, 0.2) is 59.6 Å². The Morgan fingerprint density at radius 2 is 1.65 bits per heavy atom. The van der Waals surface area contributed by atoms with E-state index >= 15 is 0 Å². The molecule has 0 aromatic heterocycles. The molecule has 3 N–H and O–H groups in total. The maximum absolute atomic E-state index is 5.69. The van der Waals surface area contributed by atoms with Crippen molar-refractivity contribution in [1.82, 2.24) is 5.32 Å². The number of nitrogens with two attached hydrogens (primary N) is 1. The van der Waals surface area contributed by atoms with Crippen molar-refractivity contribution in [1.29, 1.82) is 0 Å². The molecule has 0 aliphatic rings. The van der Waals surface area contributed by atoms with E-state index in [-0.39, 0.29) is 0 Å². The summed E-state index contributed by atoms with van der Waals surface area (Å²) in [5.74, 6) is 0.522. The van der Waals surface area contributed by atoms with Crippen molar-refractivity contribution in [3.8, 4) is 11.1 Å². The Kier molecular flexibility index (Phi) is 5.18. The molecule has 0 amide bonds. The zero-order valence-electron chi connectivity index (χ0n) is 11.8. The van der Waals surface area contributed by atoms with Crippen LogP contribution in [0.1, 0.15) is 12.5 Å². The molecule has 0 spiro atoms. The molecule has 2 rings (SSSR count). The summed E-state index contributed by atoms with van der Waals surface area (Å²) in [7, 11) is 0. The van der Waals surface area contributed by atoms with Crippen molar-refractivity contribution in [3.05, 3.63) is 60.2 Å². The predicted molar refractivity (Wildman–Crippen MR) is 85.7 cm³/mol. The molecule has 0 saturated heterocycles. The van der Waals surface area contributed by atoms with Crippen LogP contribution in [-0.2, 0) is 6.42 Å². The maximum Gasteiger partial charge on any atom is 0.188 e. The number of aliphatic imine (C=N–C) groups is 1. The van der Waals surface area contributed by atoms with Crippen molar-refractivity contribution >= 4 is 5.96 Å². The normalized spacial score (nSPS) is 11.3. The third-order valence-corrected chi connectivity index (χ3v) is 3.10. The molecule has 0 heterocycles. The number of hydrogen-bond acceptors (Lipinski definition) is 1. The van der Waals surface area contributed by atoms with Crippen LogP contribution in [0.2, 0.25) is 0 Å². The number of guanidine groups is 1. The van der Waals surface area contributed by atoms with Gasteiger partial charge in [-0.05, 0) is 30.0 Å². The number of rotatable bonds is 5. The van der Waals surface area contributed by atoms with Gasteiger partial charge in [-0.3, -0.25) is 4.99 Å². The highest BCUT2D eigenvalue weighted by atomic mass is 15.1. The molecular formula is C17H21N3. The zero-order chi connectivity index (χ0) is 14.2. The number of benzene rings is 2. The second-order valence-electron chi connectivity index (χ2n) is 4.61. The molecule has 2 aromatic rings. The second-order valence-corrected chi connectivity index (χ2v) is 4.61. The fraction of sp³-hybridized carbons (Fsp3) is 0.235. The van der Waals surface area contributed by atoms with Gasteiger partial charge in [0, 0.05) is 13.1 Å². The molecule has 0 fully saturated rings. The zero-order valence-corrected chi connectivity index (χ0v) is 11.8. The Labute approximate surface area is 120 Å². The third-order valence-electron chi connectivity index (χ3n) is 3.10. The molecule has 0 atom stereocenters. The van der Waals surface area contributed by atoms with Crippen LogP contribution in [0.5, 0.6) is 0 Å². The largest absolute Gasteiger partial charge is 0.370 e. The summed E-state index contributed by atoms with van der Waals surface area (Å²) in [4.78, 5) is 4.27. The van der Waals surface area contributed by atoms with Gasteiger partial charge in [0.05, 0.1) is 0 Å². The lowest BCUT2D eigenvalue weighted by atomic mass is 10.0. The summed E-state index contributed by atoms with van der Waals surface area (Å²) >= 11 is 0. The fourth-order valence-electron chi connectivity index (χ4n) is 2.04. The molecular weight excluding hydrogens is 246 g/mol. The Morgan fingerprint density at radius 1 is 1.00 bits per heavy atom. The van der Waals surface area contributed by atoms with Gasteiger partial charge in [-0.2, -0.15) is 0 Å². The molecule has 3 nitrogen and oxygen atoms in total. The molecule has 0 radical (unpaired) electrons. The first-order chi connectivity index (χ1) is 9.79. The van der Waals surface area contributed by atoms with E-state index < -0.39 is 0 Å². The quantitative estimate of drug-likeness (QED) is 0.646. The summed E-state index contributed by atoms with van der Waals surface area (Å²) in [5, 5.41) is 2.99. The second kappa shape index (κ2) is 7.34. The van der Waals surface area contributed by atoms with E-state index in [9.17, 15) is 0 Å². The van der Waals surface area contributed by atoms with Crippen LogP contribution in [0.4, 0.5) is 0 Å². The Balaban J connectivity index is 1.94. The van der Waals surface area contributed by atoms with Gasteiger partial charge in [-0.15, -0.1) is 0 Å². The summed E-state index contributed by atoms with van der Waals surface area (Å²) in [6.07, 6.45) is 0.904. The summed E-state index contributed by atoms with van der Waals surface area (Å²) in [6.45, 7) is 3.52. The minimum absolute atomic E-state index is 0.522. The lowest BCUT2D eigenvalue weighted by Gasteiger charge is -2.04. The van der Waals surface area contributed by atoms with E-state index in [1.807, 2.05) is 13.0 Å². The maximum atomic E-state index is 5.69. The Bertz CT molecular complexity index is 544. The lowest BCUT2D eigenvalue weighted by molar-refractivity contribution is 0.906. The minimum Gasteiger partial charge on any atom is -0.370 e. The van der Waals surface area contributed by atoms with E-state index in [4.69, 9.17) is 5.73 Å². The van der Waals surface area contributed by atoms with Crippen LogP contribution < -0.4 is 11.1 Å². The molecule has 0 aliphatic heterocycles. The average Bonchev–Trinajstić information content (AvgIpc) is 2.49. The predicted octanol–water partition coefficient (Wildman–Crippen LogP) is 2.82. The minimum atomic E-state index is 0.522. The lowest BCUT2D eigenvalue weighted by Crippen LogP contribution is -2.31. The van der Waals surface area contributed by atoms with E-state index in [0.717, 1.165) is 13.0 Å². The molecule has 104 valence electrons. The van der Waals surface area contributed by atoms with E-state index in [2.05, 4.69) is 58.8 Å². The number of hydrogen-bond donors (Lipinski definition) is 2. The van der Waals surface area contributed by atoms with E-state index in [1.54, 1.807) is 0 Å². The Morgan fingerprint density at radius 3 is 2.30 bits per heavy atom. The van der Waals surface area contributed by atoms with Crippen LogP contribution in [0, 0.1) is 0 Å². The molecule has 0 unspecified atom stereocenters. The molecule has 2 aromatic carbocycles. The van der Waals surface area contributed by atoms with Crippen LogP contribution in [0.3, 0.4) is 0 Å². The first-order valence-electron chi connectivity index (χ1n) is 6.97. The van der Waals surface area contributed by atoms with Crippen molar-refractivity contribution < 1.29 is 0 Å². The number of nitrogens with zero attached hydrogens (tertiary/aromatic N) is 1. The van der Waals surface area contributed by atoms with Crippen molar-refractivity contribution in [2.24, 2.45) is 10.7 Å². The van der Waals surface area contributed by atoms with E-state index in [0.29, 0.717) is 12.5 Å². The van der Waals surface area contributed by atoms with Gasteiger partial charge in [0.2, 0.25) is 0 Å². The topological polar surface area (TPSA) is 50.4 Å². The summed E-state index contributed by atoms with van der Waals surface area (Å²) < 4.78 is 0. The smallest absolute Gasteiger partial charge is 0.188 e. The molecule has 3 heteroatoms. The van der Waals surface area contributed by atoms with Gasteiger partial charge >= 0.3 is 0 Å². The molecule has 0 saturated carbocycles. The van der Waals surface area contributed by atoms with Crippen molar-refractivity contribution in [2.45, 2.75) is 13.3 Å². The molecule has 0 bridgehead atoms. The number of nitrogens with one attached hydrogen (secondary N) is 1. The van der Waals surface area contributed by atoms with Crippen LogP contribution in [0.25, 0.3) is 11.1 Å².